The zero-order chi connectivity index (χ0) is 22.7. The minimum Gasteiger partial charge on any atom is -0.497 e. The van der Waals surface area contributed by atoms with Gasteiger partial charge in [0.1, 0.15) is 23.8 Å². The number of pyridine rings is 1. The second-order valence-corrected chi connectivity index (χ2v) is 7.40. The molecule has 3 aromatic rings. The number of rotatable bonds is 5. The first-order valence-corrected chi connectivity index (χ1v) is 10.0. The second kappa shape index (κ2) is 9.15. The number of halogens is 2. The number of fused-ring (bicyclic) bond motifs is 1. The Morgan fingerprint density at radius 3 is 2.84 bits per heavy atom. The van der Waals surface area contributed by atoms with Crippen LogP contribution in [0.25, 0.3) is 0 Å². The Morgan fingerprint density at radius 2 is 2.06 bits per heavy atom. The van der Waals surface area contributed by atoms with Crippen molar-refractivity contribution >= 4 is 46.3 Å². The normalized spacial score (nSPS) is 13.2. The molecule has 2 amide bonds. The van der Waals surface area contributed by atoms with Crippen LogP contribution in [-0.4, -0.2) is 36.2 Å². The molecule has 2 aromatic carbocycles. The standard InChI is InChI=1S/C23H18ClFN4O3/c1-32-16-5-2-4-14(10-16)20-12-22(31)29(23-19(27-20)6-3-9-26-23)13-21(30)28-18-8-7-15(24)11-17(18)25/h2-11H,12-13H2,1H3,(H,28,30). The van der Waals surface area contributed by atoms with Gasteiger partial charge in [-0.1, -0.05) is 23.7 Å². The summed E-state index contributed by atoms with van der Waals surface area (Å²) in [7, 11) is 1.56. The summed E-state index contributed by atoms with van der Waals surface area (Å²) in [6.45, 7) is -0.355. The minimum atomic E-state index is -0.671. The van der Waals surface area contributed by atoms with Gasteiger partial charge in [-0.15, -0.1) is 0 Å². The van der Waals surface area contributed by atoms with Crippen LogP contribution in [-0.2, 0) is 9.59 Å². The molecule has 0 atom stereocenters. The van der Waals surface area contributed by atoms with Crippen molar-refractivity contribution in [1.82, 2.24) is 4.98 Å². The van der Waals surface area contributed by atoms with E-state index in [1.807, 2.05) is 12.1 Å². The van der Waals surface area contributed by atoms with Crippen molar-refractivity contribution in [2.75, 3.05) is 23.9 Å². The number of anilines is 2. The molecule has 2 heterocycles. The maximum atomic E-state index is 14.1. The van der Waals surface area contributed by atoms with Crippen molar-refractivity contribution in [1.29, 1.82) is 0 Å². The minimum absolute atomic E-state index is 0.0313. The van der Waals surface area contributed by atoms with E-state index in [1.165, 1.54) is 23.2 Å². The van der Waals surface area contributed by atoms with E-state index in [-0.39, 0.29) is 35.4 Å². The van der Waals surface area contributed by atoms with Crippen molar-refractivity contribution in [2.45, 2.75) is 6.42 Å². The Bertz CT molecular complexity index is 1230. The number of carbonyl (C=O) groups is 2. The van der Waals surface area contributed by atoms with Crippen LogP contribution in [0, 0.1) is 5.82 Å². The molecule has 0 unspecified atom stereocenters. The first-order valence-electron chi connectivity index (χ1n) is 9.67. The van der Waals surface area contributed by atoms with Gasteiger partial charge < -0.3 is 10.1 Å². The number of nitrogens with one attached hydrogen (secondary N) is 1. The van der Waals surface area contributed by atoms with Gasteiger partial charge in [-0.3, -0.25) is 14.5 Å². The molecule has 1 aliphatic rings. The number of hydrogen-bond acceptors (Lipinski definition) is 5. The fourth-order valence-electron chi connectivity index (χ4n) is 3.28. The summed E-state index contributed by atoms with van der Waals surface area (Å²) < 4.78 is 19.3. The number of nitrogens with zero attached hydrogens (tertiary/aromatic N) is 3. The number of aliphatic imine (C=N–C) groups is 1. The molecule has 1 aliphatic heterocycles. The van der Waals surface area contributed by atoms with Gasteiger partial charge in [-0.25, -0.2) is 14.4 Å². The number of hydrogen-bond donors (Lipinski definition) is 1. The third kappa shape index (κ3) is 4.60. The molecule has 0 spiro atoms. The smallest absolute Gasteiger partial charge is 0.244 e. The van der Waals surface area contributed by atoms with E-state index < -0.39 is 11.7 Å². The molecule has 0 aliphatic carbocycles. The molecule has 4 rings (SSSR count). The van der Waals surface area contributed by atoms with Gasteiger partial charge in [0, 0.05) is 16.8 Å². The van der Waals surface area contributed by atoms with Crippen LogP contribution in [0.15, 0.2) is 65.8 Å². The largest absolute Gasteiger partial charge is 0.497 e. The van der Waals surface area contributed by atoms with Crippen LogP contribution in [0.2, 0.25) is 5.02 Å². The predicted molar refractivity (Wildman–Crippen MR) is 120 cm³/mol. The van der Waals surface area contributed by atoms with Gasteiger partial charge in [0.05, 0.1) is 24.9 Å². The number of ether oxygens (including phenoxy) is 1. The maximum Gasteiger partial charge on any atom is 0.244 e. The number of carbonyl (C=O) groups excluding carboxylic acids is 2. The predicted octanol–water partition coefficient (Wildman–Crippen LogP) is 4.38. The Labute approximate surface area is 188 Å². The monoisotopic (exact) mass is 452 g/mol. The highest BCUT2D eigenvalue weighted by Gasteiger charge is 2.28. The van der Waals surface area contributed by atoms with Crippen LogP contribution < -0.4 is 15.0 Å². The summed E-state index contributed by atoms with van der Waals surface area (Å²) in [4.78, 5) is 35.9. The lowest BCUT2D eigenvalue weighted by Crippen LogP contribution is -2.39. The van der Waals surface area contributed by atoms with Crippen LogP contribution in [0.4, 0.5) is 21.6 Å². The molecule has 0 fully saturated rings. The van der Waals surface area contributed by atoms with E-state index in [4.69, 9.17) is 16.3 Å². The first-order chi connectivity index (χ1) is 15.4. The van der Waals surface area contributed by atoms with Crippen molar-refractivity contribution in [3.8, 4) is 5.75 Å². The Morgan fingerprint density at radius 1 is 1.22 bits per heavy atom. The Balaban J connectivity index is 1.61. The quantitative estimate of drug-likeness (QED) is 0.622. The molecule has 0 saturated carbocycles. The highest BCUT2D eigenvalue weighted by molar-refractivity contribution is 6.30. The van der Waals surface area contributed by atoms with Crippen molar-refractivity contribution in [2.24, 2.45) is 4.99 Å². The molecule has 1 aromatic heterocycles. The SMILES string of the molecule is COc1cccc(C2=Nc3cccnc3N(CC(=O)Nc3ccc(Cl)cc3F)C(=O)C2)c1. The highest BCUT2D eigenvalue weighted by Crippen LogP contribution is 2.31. The zero-order valence-electron chi connectivity index (χ0n) is 17.0. The highest BCUT2D eigenvalue weighted by atomic mass is 35.5. The molecule has 0 radical (unpaired) electrons. The zero-order valence-corrected chi connectivity index (χ0v) is 17.8. The van der Waals surface area contributed by atoms with E-state index in [9.17, 15) is 14.0 Å². The van der Waals surface area contributed by atoms with E-state index in [2.05, 4.69) is 15.3 Å². The first kappa shape index (κ1) is 21.5. The summed E-state index contributed by atoms with van der Waals surface area (Å²) >= 11 is 5.75. The fourth-order valence-corrected chi connectivity index (χ4v) is 3.44. The van der Waals surface area contributed by atoms with Gasteiger partial charge in [0.25, 0.3) is 0 Å². The fraction of sp³-hybridized carbons (Fsp3) is 0.130. The lowest BCUT2D eigenvalue weighted by atomic mass is 10.1. The van der Waals surface area contributed by atoms with Gasteiger partial charge in [0.2, 0.25) is 11.8 Å². The van der Waals surface area contributed by atoms with Gasteiger partial charge in [0.15, 0.2) is 5.82 Å². The summed E-state index contributed by atoms with van der Waals surface area (Å²) in [5, 5.41) is 2.68. The van der Waals surface area contributed by atoms with Crippen molar-refractivity contribution in [3.63, 3.8) is 0 Å². The van der Waals surface area contributed by atoms with Crippen LogP contribution in [0.1, 0.15) is 12.0 Å². The van der Waals surface area contributed by atoms with Crippen LogP contribution in [0.3, 0.4) is 0 Å². The molecule has 0 saturated heterocycles. The van der Waals surface area contributed by atoms with Gasteiger partial charge >= 0.3 is 0 Å². The molecule has 0 bridgehead atoms. The van der Waals surface area contributed by atoms with Crippen molar-refractivity contribution in [3.05, 3.63) is 77.2 Å². The lowest BCUT2D eigenvalue weighted by molar-refractivity contribution is -0.120. The van der Waals surface area contributed by atoms with Gasteiger partial charge in [-0.05, 0) is 42.5 Å². The number of methoxy groups -OCH3 is 1. The molecule has 1 N–H and O–H groups in total. The lowest BCUT2D eigenvalue weighted by Gasteiger charge is -2.20. The van der Waals surface area contributed by atoms with E-state index in [1.54, 1.807) is 31.4 Å². The molecular weight excluding hydrogens is 435 g/mol. The molecular formula is C23H18ClFN4O3. The van der Waals surface area contributed by atoms with Crippen LogP contribution >= 0.6 is 11.6 Å². The molecule has 9 heteroatoms. The molecule has 7 nitrogen and oxygen atoms in total. The second-order valence-electron chi connectivity index (χ2n) is 6.97. The van der Waals surface area contributed by atoms with Gasteiger partial charge in [-0.2, -0.15) is 0 Å². The average Bonchev–Trinajstić information content (AvgIpc) is 2.92. The topological polar surface area (TPSA) is 83.9 Å². The van der Waals surface area contributed by atoms with E-state index in [0.717, 1.165) is 11.6 Å². The van der Waals surface area contributed by atoms with E-state index >= 15 is 0 Å². The summed E-state index contributed by atoms with van der Waals surface area (Å²) in [5.41, 5.74) is 1.66. The maximum absolute atomic E-state index is 14.1. The molecule has 32 heavy (non-hydrogen) atoms. The molecule has 162 valence electrons. The van der Waals surface area contributed by atoms with E-state index in [0.29, 0.717) is 17.1 Å². The third-order valence-corrected chi connectivity index (χ3v) is 5.04. The Hall–Kier alpha value is -3.78. The third-order valence-electron chi connectivity index (χ3n) is 4.81. The summed E-state index contributed by atoms with van der Waals surface area (Å²) in [5.74, 6) is -0.733. The summed E-state index contributed by atoms with van der Waals surface area (Å²) in [6, 6.07) is 14.5. The number of benzene rings is 2. The summed E-state index contributed by atoms with van der Waals surface area (Å²) in [6.07, 6.45) is 1.47. The average molecular weight is 453 g/mol. The Kier molecular flexibility index (Phi) is 6.13. The number of aromatic nitrogens is 1. The number of amides is 2. The van der Waals surface area contributed by atoms with Crippen LogP contribution in [0.5, 0.6) is 5.75 Å². The van der Waals surface area contributed by atoms with Crippen molar-refractivity contribution < 1.29 is 18.7 Å².